The van der Waals surface area contributed by atoms with Gasteiger partial charge in [-0.25, -0.2) is 4.98 Å². The molecular formula is C22H24ClN3O4S. The minimum atomic E-state index is -0.454. The second-order valence-electron chi connectivity index (χ2n) is 7.91. The molecule has 3 aromatic rings. The topological polar surface area (TPSA) is 104 Å². The highest BCUT2D eigenvalue weighted by molar-refractivity contribution is 7.16. The quantitative estimate of drug-likeness (QED) is 0.476. The lowest BCUT2D eigenvalue weighted by atomic mass is 10.1. The maximum atomic E-state index is 12.6. The summed E-state index contributed by atoms with van der Waals surface area (Å²) in [7, 11) is 0. The first-order valence-corrected chi connectivity index (χ1v) is 11.5. The minimum Gasteiger partial charge on any atom is -0.396 e. The lowest BCUT2D eigenvalue weighted by Crippen LogP contribution is -2.27. The van der Waals surface area contributed by atoms with Gasteiger partial charge in [0, 0.05) is 30.3 Å². The predicted molar refractivity (Wildman–Crippen MR) is 120 cm³/mol. The van der Waals surface area contributed by atoms with Crippen molar-refractivity contribution in [2.45, 2.75) is 32.4 Å². The molecule has 164 valence electrons. The molecule has 1 aliphatic carbocycles. The maximum Gasteiger partial charge on any atom is 0.287 e. The van der Waals surface area contributed by atoms with Gasteiger partial charge in [0.25, 0.3) is 11.5 Å². The number of carbonyl (C=O) groups is 1. The highest BCUT2D eigenvalue weighted by Crippen LogP contribution is 2.31. The van der Waals surface area contributed by atoms with Crippen molar-refractivity contribution in [3.8, 4) is 0 Å². The lowest BCUT2D eigenvalue weighted by molar-refractivity contribution is 0.0869. The van der Waals surface area contributed by atoms with Crippen LogP contribution in [0.3, 0.4) is 0 Å². The van der Waals surface area contributed by atoms with E-state index >= 15 is 0 Å². The number of rotatable bonds is 8. The molecule has 1 fully saturated rings. The summed E-state index contributed by atoms with van der Waals surface area (Å²) in [6.45, 7) is 1.46. The maximum absolute atomic E-state index is 12.6. The van der Waals surface area contributed by atoms with E-state index in [1.165, 1.54) is 11.3 Å². The summed E-state index contributed by atoms with van der Waals surface area (Å²) in [6.07, 6.45) is 3.08. The van der Waals surface area contributed by atoms with Crippen molar-refractivity contribution in [1.29, 1.82) is 0 Å². The molecule has 1 amide bonds. The standard InChI is InChI=1S/C22H24ClN3O4S/c23-17-3-1-2-13(7-17)8-24-21(29)19-25-20(28)18-16(12-31-22(18)26-19)11-30-10-15-5-4-14(6-15)9-27/h1-3,7,12,14-15,27H,4-6,8-11H2,(H,24,29)(H,25,26,28). The highest BCUT2D eigenvalue weighted by Gasteiger charge is 2.24. The molecule has 3 N–H and O–H groups in total. The van der Waals surface area contributed by atoms with Crippen LogP contribution in [0.4, 0.5) is 0 Å². The first-order chi connectivity index (χ1) is 15.0. The van der Waals surface area contributed by atoms with Gasteiger partial charge in [-0.05, 0) is 54.2 Å². The van der Waals surface area contributed by atoms with Crippen LogP contribution in [0.1, 0.15) is 41.0 Å². The molecule has 2 heterocycles. The summed E-state index contributed by atoms with van der Waals surface area (Å²) >= 11 is 7.28. The molecule has 2 atom stereocenters. The van der Waals surface area contributed by atoms with Gasteiger partial charge in [0.05, 0.1) is 12.0 Å². The Balaban J connectivity index is 1.39. The van der Waals surface area contributed by atoms with Gasteiger partial charge in [-0.3, -0.25) is 9.59 Å². The molecule has 2 unspecified atom stereocenters. The number of aliphatic hydroxyl groups is 1. The number of benzene rings is 1. The summed E-state index contributed by atoms with van der Waals surface area (Å²) in [6, 6.07) is 7.19. The molecule has 1 saturated carbocycles. The number of halogens is 1. The van der Waals surface area contributed by atoms with Gasteiger partial charge >= 0.3 is 0 Å². The normalized spacial score (nSPS) is 18.5. The Bertz CT molecular complexity index is 1130. The van der Waals surface area contributed by atoms with Gasteiger partial charge in [0.15, 0.2) is 0 Å². The number of hydrogen-bond acceptors (Lipinski definition) is 6. The van der Waals surface area contributed by atoms with Crippen LogP contribution in [0.5, 0.6) is 0 Å². The Kier molecular flexibility index (Phi) is 7.02. The molecule has 0 spiro atoms. The Morgan fingerprint density at radius 2 is 2.19 bits per heavy atom. The number of nitrogens with one attached hydrogen (secondary N) is 2. The number of amides is 1. The molecule has 7 nitrogen and oxygen atoms in total. The van der Waals surface area contributed by atoms with Crippen molar-refractivity contribution in [2.24, 2.45) is 11.8 Å². The summed E-state index contributed by atoms with van der Waals surface area (Å²) in [5.74, 6) is 0.360. The van der Waals surface area contributed by atoms with Crippen molar-refractivity contribution < 1.29 is 14.6 Å². The Labute approximate surface area is 188 Å². The molecule has 1 aliphatic rings. The van der Waals surface area contributed by atoms with Crippen LogP contribution in [0.2, 0.25) is 5.02 Å². The van der Waals surface area contributed by atoms with E-state index in [2.05, 4.69) is 15.3 Å². The number of ether oxygens (including phenoxy) is 1. The average molecular weight is 462 g/mol. The van der Waals surface area contributed by atoms with Crippen molar-refractivity contribution in [2.75, 3.05) is 13.2 Å². The number of aliphatic hydroxyl groups excluding tert-OH is 1. The molecule has 0 saturated heterocycles. The smallest absolute Gasteiger partial charge is 0.287 e. The summed E-state index contributed by atoms with van der Waals surface area (Å²) in [5.41, 5.74) is 1.28. The zero-order chi connectivity index (χ0) is 21.8. The Morgan fingerprint density at radius 3 is 2.97 bits per heavy atom. The fraction of sp³-hybridized carbons (Fsp3) is 0.409. The molecule has 31 heavy (non-hydrogen) atoms. The molecule has 0 aliphatic heterocycles. The number of H-pyrrole nitrogens is 1. The van der Waals surface area contributed by atoms with Crippen LogP contribution in [-0.2, 0) is 17.9 Å². The molecule has 9 heteroatoms. The van der Waals surface area contributed by atoms with Crippen molar-refractivity contribution in [1.82, 2.24) is 15.3 Å². The third-order valence-electron chi connectivity index (χ3n) is 5.60. The SMILES string of the molecule is O=C(NCc1cccc(Cl)c1)c1nc2scc(COCC3CCC(CO)C3)c2c(=O)[nH]1. The second kappa shape index (κ2) is 9.91. The van der Waals surface area contributed by atoms with E-state index in [1.807, 2.05) is 17.5 Å². The third-order valence-corrected chi connectivity index (χ3v) is 6.75. The van der Waals surface area contributed by atoms with Crippen LogP contribution in [0.25, 0.3) is 10.2 Å². The van der Waals surface area contributed by atoms with Crippen molar-refractivity contribution in [3.63, 3.8) is 0 Å². The Morgan fingerprint density at radius 1 is 1.35 bits per heavy atom. The average Bonchev–Trinajstić information content (AvgIpc) is 3.39. The van der Waals surface area contributed by atoms with Crippen molar-refractivity contribution in [3.05, 3.63) is 62.0 Å². The summed E-state index contributed by atoms with van der Waals surface area (Å²) in [5, 5.41) is 14.9. The zero-order valence-electron chi connectivity index (χ0n) is 16.9. The summed E-state index contributed by atoms with van der Waals surface area (Å²) in [4.78, 5) is 32.5. The van der Waals surface area contributed by atoms with Gasteiger partial charge in [-0.2, -0.15) is 0 Å². The number of fused-ring (bicyclic) bond motifs is 1. The molecular weight excluding hydrogens is 438 g/mol. The third kappa shape index (κ3) is 5.33. The van der Waals surface area contributed by atoms with Gasteiger partial charge in [0.2, 0.25) is 5.82 Å². The number of thiophene rings is 1. The first-order valence-electron chi connectivity index (χ1n) is 10.2. The molecule has 0 bridgehead atoms. The zero-order valence-corrected chi connectivity index (χ0v) is 18.5. The predicted octanol–water partition coefficient (Wildman–Crippen LogP) is 3.49. The first kappa shape index (κ1) is 22.0. The van der Waals surface area contributed by atoms with Gasteiger partial charge in [0.1, 0.15) is 4.83 Å². The van der Waals surface area contributed by atoms with E-state index in [9.17, 15) is 14.7 Å². The number of aromatic nitrogens is 2. The fourth-order valence-electron chi connectivity index (χ4n) is 3.96. The van der Waals surface area contributed by atoms with Crippen molar-refractivity contribution >= 4 is 39.1 Å². The monoisotopic (exact) mass is 461 g/mol. The van der Waals surface area contributed by atoms with E-state index in [0.717, 1.165) is 30.4 Å². The number of hydrogen-bond donors (Lipinski definition) is 3. The molecule has 2 aromatic heterocycles. The van der Waals surface area contributed by atoms with Gasteiger partial charge in [-0.15, -0.1) is 11.3 Å². The van der Waals surface area contributed by atoms with E-state index in [1.54, 1.807) is 12.1 Å². The fourth-order valence-corrected chi connectivity index (χ4v) is 5.10. The van der Waals surface area contributed by atoms with Crippen LogP contribution < -0.4 is 10.9 Å². The second-order valence-corrected chi connectivity index (χ2v) is 9.21. The van der Waals surface area contributed by atoms with E-state index in [4.69, 9.17) is 16.3 Å². The van der Waals surface area contributed by atoms with E-state index in [-0.39, 0.29) is 24.5 Å². The number of nitrogens with zero attached hydrogens (tertiary/aromatic N) is 1. The van der Waals surface area contributed by atoms with Crippen LogP contribution in [-0.4, -0.2) is 34.2 Å². The highest BCUT2D eigenvalue weighted by atomic mass is 35.5. The van der Waals surface area contributed by atoms with E-state index in [0.29, 0.717) is 40.3 Å². The van der Waals surface area contributed by atoms with Gasteiger partial charge < -0.3 is 20.1 Å². The van der Waals surface area contributed by atoms with E-state index < -0.39 is 5.91 Å². The molecule has 0 radical (unpaired) electrons. The summed E-state index contributed by atoms with van der Waals surface area (Å²) < 4.78 is 5.85. The Hall–Kier alpha value is -2.26. The number of carbonyl (C=O) groups excluding carboxylic acids is 1. The largest absolute Gasteiger partial charge is 0.396 e. The minimum absolute atomic E-state index is 0.0187. The molecule has 4 rings (SSSR count). The van der Waals surface area contributed by atoms with Crippen LogP contribution in [0, 0.1) is 11.8 Å². The van der Waals surface area contributed by atoms with Crippen LogP contribution >= 0.6 is 22.9 Å². The number of aromatic amines is 1. The van der Waals surface area contributed by atoms with Gasteiger partial charge in [-0.1, -0.05) is 23.7 Å². The lowest BCUT2D eigenvalue weighted by Gasteiger charge is -2.10. The molecule has 1 aromatic carbocycles. The van der Waals surface area contributed by atoms with Crippen LogP contribution in [0.15, 0.2) is 34.4 Å².